The van der Waals surface area contributed by atoms with Gasteiger partial charge < -0.3 is 10.6 Å². The highest BCUT2D eigenvalue weighted by Crippen LogP contribution is 2.23. The first-order valence-electron chi connectivity index (χ1n) is 7.48. The number of nitrogens with one attached hydrogen (secondary N) is 2. The molecule has 2 rings (SSSR count). The van der Waals surface area contributed by atoms with E-state index >= 15 is 0 Å². The Hall–Kier alpha value is -1.52. The first-order chi connectivity index (χ1) is 10.7. The minimum Gasteiger partial charge on any atom is -0.362 e. The van der Waals surface area contributed by atoms with Crippen LogP contribution in [0.3, 0.4) is 0 Å². The second-order valence-electron chi connectivity index (χ2n) is 5.28. The number of para-hydroxylation sites is 1. The summed E-state index contributed by atoms with van der Waals surface area (Å²) in [5.74, 6) is 1.46. The van der Waals surface area contributed by atoms with E-state index in [1.54, 1.807) is 0 Å². The Morgan fingerprint density at radius 3 is 2.45 bits per heavy atom. The van der Waals surface area contributed by atoms with E-state index in [4.69, 9.17) is 12.2 Å². The van der Waals surface area contributed by atoms with Crippen LogP contribution in [0.5, 0.6) is 0 Å². The maximum absolute atomic E-state index is 5.38. The summed E-state index contributed by atoms with van der Waals surface area (Å²) in [6.07, 6.45) is 0. The summed E-state index contributed by atoms with van der Waals surface area (Å²) in [5, 5.41) is 7.25. The highest BCUT2D eigenvalue weighted by atomic mass is 32.2. The molecule has 0 unspecified atom stereocenters. The van der Waals surface area contributed by atoms with Crippen LogP contribution in [-0.2, 0) is 0 Å². The zero-order chi connectivity index (χ0) is 15.8. The summed E-state index contributed by atoms with van der Waals surface area (Å²) in [6.45, 7) is 5.22. The van der Waals surface area contributed by atoms with Gasteiger partial charge >= 0.3 is 0 Å². The Labute approximate surface area is 142 Å². The molecule has 22 heavy (non-hydrogen) atoms. The molecule has 0 bridgehead atoms. The van der Waals surface area contributed by atoms with E-state index in [0.29, 0.717) is 11.0 Å². The fourth-order valence-corrected chi connectivity index (χ4v) is 3.13. The summed E-state index contributed by atoms with van der Waals surface area (Å²) < 4.78 is 0. The van der Waals surface area contributed by atoms with Crippen molar-refractivity contribution in [3.05, 3.63) is 60.2 Å². The quantitative estimate of drug-likeness (QED) is 0.447. The molecule has 0 spiro atoms. The van der Waals surface area contributed by atoms with Crippen molar-refractivity contribution >= 4 is 34.8 Å². The van der Waals surface area contributed by atoms with Crippen molar-refractivity contribution in [2.75, 3.05) is 17.6 Å². The highest BCUT2D eigenvalue weighted by molar-refractivity contribution is 7.99. The molecule has 0 aliphatic heterocycles. The zero-order valence-electron chi connectivity index (χ0n) is 13.0. The van der Waals surface area contributed by atoms with Crippen molar-refractivity contribution in [3.8, 4) is 0 Å². The maximum Gasteiger partial charge on any atom is 0.170 e. The molecule has 0 saturated heterocycles. The van der Waals surface area contributed by atoms with Crippen LogP contribution < -0.4 is 10.6 Å². The third-order valence-electron chi connectivity index (χ3n) is 3.23. The van der Waals surface area contributed by atoms with Gasteiger partial charge in [0.05, 0.1) is 0 Å². The van der Waals surface area contributed by atoms with Gasteiger partial charge in [-0.05, 0) is 41.9 Å². The van der Waals surface area contributed by atoms with Crippen LogP contribution >= 0.6 is 24.0 Å². The van der Waals surface area contributed by atoms with Gasteiger partial charge in [0.25, 0.3) is 0 Å². The lowest BCUT2D eigenvalue weighted by Gasteiger charge is -2.16. The summed E-state index contributed by atoms with van der Waals surface area (Å²) >= 11 is 7.21. The Balaban J connectivity index is 1.77. The minimum absolute atomic E-state index is 0.472. The maximum atomic E-state index is 5.38. The van der Waals surface area contributed by atoms with Gasteiger partial charge in [-0.25, -0.2) is 0 Å². The molecule has 0 aliphatic rings. The van der Waals surface area contributed by atoms with Gasteiger partial charge in [0, 0.05) is 22.9 Å². The minimum atomic E-state index is 0.472. The molecule has 0 atom stereocenters. The van der Waals surface area contributed by atoms with Crippen LogP contribution in [0, 0.1) is 0 Å². The number of thiocarbonyl (C=S) groups is 1. The predicted molar refractivity (Wildman–Crippen MR) is 102 cm³/mol. The van der Waals surface area contributed by atoms with Gasteiger partial charge in [-0.15, -0.1) is 11.8 Å². The van der Waals surface area contributed by atoms with E-state index in [0.717, 1.165) is 18.0 Å². The standard InChI is InChI=1S/C18H22N2S2/c1-14(2)16-10-6-7-11-17(16)20-18(21)19-12-13-22-15-8-4-3-5-9-15/h3-11,14H,12-13H2,1-2H3,(H2,19,20,21). The van der Waals surface area contributed by atoms with Crippen molar-refractivity contribution in [3.63, 3.8) is 0 Å². The van der Waals surface area contributed by atoms with Crippen LogP contribution in [0.15, 0.2) is 59.5 Å². The molecule has 0 fully saturated rings. The number of hydrogen-bond acceptors (Lipinski definition) is 2. The molecular formula is C18H22N2S2. The number of anilines is 1. The summed E-state index contributed by atoms with van der Waals surface area (Å²) in [6, 6.07) is 18.7. The number of thioether (sulfide) groups is 1. The first-order valence-corrected chi connectivity index (χ1v) is 8.88. The van der Waals surface area contributed by atoms with Crippen molar-refractivity contribution < 1.29 is 0 Å². The second-order valence-corrected chi connectivity index (χ2v) is 6.86. The van der Waals surface area contributed by atoms with Gasteiger partial charge in [0.1, 0.15) is 0 Å². The SMILES string of the molecule is CC(C)c1ccccc1NC(=S)NCCSc1ccccc1. The predicted octanol–water partition coefficient (Wildman–Crippen LogP) is 4.89. The van der Waals surface area contributed by atoms with E-state index in [2.05, 4.69) is 66.9 Å². The van der Waals surface area contributed by atoms with Crippen LogP contribution in [0.2, 0.25) is 0 Å². The summed E-state index contributed by atoms with van der Waals surface area (Å²) in [4.78, 5) is 1.29. The van der Waals surface area contributed by atoms with Gasteiger partial charge in [0.15, 0.2) is 5.11 Å². The Kier molecular flexibility index (Phi) is 6.74. The van der Waals surface area contributed by atoms with Crippen LogP contribution in [0.1, 0.15) is 25.3 Å². The third-order valence-corrected chi connectivity index (χ3v) is 4.49. The topological polar surface area (TPSA) is 24.1 Å². The average molecular weight is 331 g/mol. The number of hydrogen-bond donors (Lipinski definition) is 2. The molecule has 4 heteroatoms. The van der Waals surface area contributed by atoms with Crippen molar-refractivity contribution in [2.45, 2.75) is 24.7 Å². The molecule has 116 valence electrons. The van der Waals surface area contributed by atoms with Crippen molar-refractivity contribution in [2.24, 2.45) is 0 Å². The molecule has 2 nitrogen and oxygen atoms in total. The van der Waals surface area contributed by atoms with E-state index in [9.17, 15) is 0 Å². The summed E-state index contributed by atoms with van der Waals surface area (Å²) in [5.41, 5.74) is 2.37. The molecule has 2 aromatic rings. The lowest BCUT2D eigenvalue weighted by atomic mass is 10.0. The Bertz CT molecular complexity index is 597. The normalized spacial score (nSPS) is 10.5. The summed E-state index contributed by atoms with van der Waals surface area (Å²) in [7, 11) is 0. The molecule has 0 aromatic heterocycles. The molecule has 0 amide bonds. The fourth-order valence-electron chi connectivity index (χ4n) is 2.13. The van der Waals surface area contributed by atoms with Gasteiger partial charge in [-0.1, -0.05) is 50.2 Å². The molecule has 0 aliphatic carbocycles. The smallest absolute Gasteiger partial charge is 0.170 e. The van der Waals surface area contributed by atoms with Gasteiger partial charge in [0.2, 0.25) is 0 Å². The monoisotopic (exact) mass is 330 g/mol. The molecule has 0 saturated carbocycles. The highest BCUT2D eigenvalue weighted by Gasteiger charge is 2.06. The van der Waals surface area contributed by atoms with E-state index in [1.807, 2.05) is 23.9 Å². The van der Waals surface area contributed by atoms with Crippen molar-refractivity contribution in [1.82, 2.24) is 5.32 Å². The van der Waals surface area contributed by atoms with E-state index < -0.39 is 0 Å². The van der Waals surface area contributed by atoms with E-state index in [1.165, 1.54) is 10.5 Å². The largest absolute Gasteiger partial charge is 0.362 e. The van der Waals surface area contributed by atoms with Gasteiger partial charge in [-0.2, -0.15) is 0 Å². The first kappa shape index (κ1) is 16.8. The molecule has 0 radical (unpaired) electrons. The molecular weight excluding hydrogens is 308 g/mol. The number of rotatable bonds is 6. The molecule has 2 N–H and O–H groups in total. The average Bonchev–Trinajstić information content (AvgIpc) is 2.53. The van der Waals surface area contributed by atoms with Crippen LogP contribution in [-0.4, -0.2) is 17.4 Å². The van der Waals surface area contributed by atoms with Crippen LogP contribution in [0.4, 0.5) is 5.69 Å². The zero-order valence-corrected chi connectivity index (χ0v) is 14.6. The fraction of sp³-hybridized carbons (Fsp3) is 0.278. The van der Waals surface area contributed by atoms with E-state index in [-0.39, 0.29) is 0 Å². The third kappa shape index (κ3) is 5.35. The lowest BCUT2D eigenvalue weighted by molar-refractivity contribution is 0.869. The Morgan fingerprint density at radius 2 is 1.73 bits per heavy atom. The second kappa shape index (κ2) is 8.81. The lowest BCUT2D eigenvalue weighted by Crippen LogP contribution is -2.30. The van der Waals surface area contributed by atoms with Crippen LogP contribution in [0.25, 0.3) is 0 Å². The number of benzene rings is 2. The Morgan fingerprint density at radius 1 is 1.05 bits per heavy atom. The van der Waals surface area contributed by atoms with Crippen molar-refractivity contribution in [1.29, 1.82) is 0 Å². The van der Waals surface area contributed by atoms with Gasteiger partial charge in [-0.3, -0.25) is 0 Å². The molecule has 2 aromatic carbocycles. The molecule has 0 heterocycles.